The summed E-state index contributed by atoms with van der Waals surface area (Å²) in [5.41, 5.74) is 6.49. The second-order valence-corrected chi connectivity index (χ2v) is 5.29. The minimum Gasteiger partial charge on any atom is -0.388 e. The van der Waals surface area contributed by atoms with Gasteiger partial charge in [0.1, 0.15) is 24.1 Å². The standard InChI is InChI=1S/C13H18N6O4/c1-2-15-7(20)3-6-9(21)10(22)13(23-6)19-5-18-8-11(14)16-4-17-12(8)19/h4-6,9-10,13,21-22H,2-3H2,1H3,(H,15,20)(H2,14,16,17). The number of fused-ring (bicyclic) bond motifs is 1. The van der Waals surface area contributed by atoms with E-state index in [1.165, 1.54) is 17.2 Å². The lowest BCUT2D eigenvalue weighted by molar-refractivity contribution is -0.125. The summed E-state index contributed by atoms with van der Waals surface area (Å²) in [5.74, 6) is -0.0490. The molecule has 1 fully saturated rings. The first-order chi connectivity index (χ1) is 11.0. The highest BCUT2D eigenvalue weighted by atomic mass is 16.6. The van der Waals surface area contributed by atoms with Crippen molar-refractivity contribution in [2.45, 2.75) is 37.9 Å². The Hall–Kier alpha value is -2.30. The van der Waals surface area contributed by atoms with Gasteiger partial charge in [0.25, 0.3) is 0 Å². The second-order valence-electron chi connectivity index (χ2n) is 5.29. The summed E-state index contributed by atoms with van der Waals surface area (Å²) in [6.45, 7) is 2.28. The van der Waals surface area contributed by atoms with Gasteiger partial charge < -0.3 is 26.0 Å². The number of rotatable bonds is 4. The van der Waals surface area contributed by atoms with E-state index < -0.39 is 24.5 Å². The zero-order chi connectivity index (χ0) is 16.6. The molecule has 5 N–H and O–H groups in total. The molecule has 3 heterocycles. The Kier molecular flexibility index (Phi) is 4.11. The molecule has 1 saturated heterocycles. The molecular formula is C13H18N6O4. The molecule has 2 aromatic heterocycles. The van der Waals surface area contributed by atoms with Crippen LogP contribution in [0.25, 0.3) is 11.2 Å². The minimum absolute atomic E-state index is 0.0493. The molecule has 4 atom stereocenters. The second kappa shape index (κ2) is 6.07. The predicted molar refractivity (Wildman–Crippen MR) is 79.0 cm³/mol. The number of anilines is 1. The maximum absolute atomic E-state index is 11.7. The third kappa shape index (κ3) is 2.71. The highest BCUT2D eigenvalue weighted by Crippen LogP contribution is 2.33. The molecule has 1 amide bonds. The van der Waals surface area contributed by atoms with E-state index in [-0.39, 0.29) is 18.1 Å². The van der Waals surface area contributed by atoms with Crippen LogP contribution in [0.4, 0.5) is 5.82 Å². The van der Waals surface area contributed by atoms with E-state index in [0.717, 1.165) is 0 Å². The van der Waals surface area contributed by atoms with E-state index >= 15 is 0 Å². The first kappa shape index (κ1) is 15.6. The van der Waals surface area contributed by atoms with E-state index in [4.69, 9.17) is 10.5 Å². The molecule has 0 bridgehead atoms. The average molecular weight is 322 g/mol. The molecule has 124 valence electrons. The molecule has 10 heteroatoms. The van der Waals surface area contributed by atoms with Gasteiger partial charge in [0.05, 0.1) is 18.9 Å². The van der Waals surface area contributed by atoms with Gasteiger partial charge in [0, 0.05) is 6.54 Å². The van der Waals surface area contributed by atoms with Crippen LogP contribution in [-0.4, -0.2) is 60.5 Å². The van der Waals surface area contributed by atoms with Crippen LogP contribution < -0.4 is 11.1 Å². The highest BCUT2D eigenvalue weighted by Gasteiger charge is 2.44. The number of carbonyl (C=O) groups excluding carboxylic acids is 1. The van der Waals surface area contributed by atoms with Crippen LogP contribution in [0.5, 0.6) is 0 Å². The molecule has 1 aliphatic heterocycles. The molecular weight excluding hydrogens is 304 g/mol. The number of ether oxygens (including phenoxy) is 1. The van der Waals surface area contributed by atoms with Gasteiger partial charge >= 0.3 is 0 Å². The number of nitrogens with one attached hydrogen (secondary N) is 1. The zero-order valence-corrected chi connectivity index (χ0v) is 12.5. The van der Waals surface area contributed by atoms with Crippen molar-refractivity contribution >= 4 is 22.9 Å². The number of carbonyl (C=O) groups is 1. The smallest absolute Gasteiger partial charge is 0.222 e. The van der Waals surface area contributed by atoms with Crippen molar-refractivity contribution in [2.24, 2.45) is 0 Å². The van der Waals surface area contributed by atoms with Gasteiger partial charge in [0.2, 0.25) is 5.91 Å². The van der Waals surface area contributed by atoms with Crippen molar-refractivity contribution in [3.8, 4) is 0 Å². The lowest BCUT2D eigenvalue weighted by atomic mass is 10.1. The van der Waals surface area contributed by atoms with Gasteiger partial charge in [-0.3, -0.25) is 9.36 Å². The first-order valence-electron chi connectivity index (χ1n) is 7.24. The molecule has 0 aromatic carbocycles. The summed E-state index contributed by atoms with van der Waals surface area (Å²) >= 11 is 0. The third-order valence-corrected chi connectivity index (χ3v) is 3.76. The molecule has 0 spiro atoms. The van der Waals surface area contributed by atoms with E-state index in [9.17, 15) is 15.0 Å². The summed E-state index contributed by atoms with van der Waals surface area (Å²) in [6.07, 6.45) is -1.51. The molecule has 3 rings (SSSR count). The number of nitrogens with zero attached hydrogens (tertiary/aromatic N) is 4. The Morgan fingerprint density at radius 3 is 2.91 bits per heavy atom. The van der Waals surface area contributed by atoms with Gasteiger partial charge in [-0.15, -0.1) is 0 Å². The fourth-order valence-electron chi connectivity index (χ4n) is 2.64. The molecule has 23 heavy (non-hydrogen) atoms. The molecule has 1 aliphatic rings. The number of aliphatic hydroxyl groups excluding tert-OH is 2. The summed E-state index contributed by atoms with van der Waals surface area (Å²) in [5, 5.41) is 23.0. The maximum atomic E-state index is 11.7. The number of aliphatic hydroxyl groups is 2. The van der Waals surface area contributed by atoms with Crippen molar-refractivity contribution < 1.29 is 19.7 Å². The molecule has 0 aliphatic carbocycles. The molecule has 0 radical (unpaired) electrons. The van der Waals surface area contributed by atoms with E-state index in [1.54, 1.807) is 6.92 Å². The van der Waals surface area contributed by atoms with Crippen molar-refractivity contribution in [3.63, 3.8) is 0 Å². The van der Waals surface area contributed by atoms with Crippen LogP contribution in [0.15, 0.2) is 12.7 Å². The lowest BCUT2D eigenvalue weighted by Gasteiger charge is -2.16. The Balaban J connectivity index is 1.85. The van der Waals surface area contributed by atoms with Crippen LogP contribution in [0.1, 0.15) is 19.6 Å². The van der Waals surface area contributed by atoms with Crippen molar-refractivity contribution in [1.29, 1.82) is 0 Å². The Labute approximate surface area is 131 Å². The summed E-state index contributed by atoms with van der Waals surface area (Å²) in [7, 11) is 0. The fourth-order valence-corrected chi connectivity index (χ4v) is 2.64. The van der Waals surface area contributed by atoms with Crippen molar-refractivity contribution in [2.75, 3.05) is 12.3 Å². The number of hydrogen-bond acceptors (Lipinski definition) is 8. The lowest BCUT2D eigenvalue weighted by Crippen LogP contribution is -2.35. The predicted octanol–water partition coefficient (Wildman–Crippen LogP) is -1.45. The van der Waals surface area contributed by atoms with Crippen LogP contribution >= 0.6 is 0 Å². The van der Waals surface area contributed by atoms with E-state index in [2.05, 4.69) is 20.3 Å². The number of aromatic nitrogens is 4. The van der Waals surface area contributed by atoms with Gasteiger partial charge in [0.15, 0.2) is 17.7 Å². The van der Waals surface area contributed by atoms with Crippen molar-refractivity contribution in [3.05, 3.63) is 12.7 Å². The average Bonchev–Trinajstić information content (AvgIpc) is 3.05. The third-order valence-electron chi connectivity index (χ3n) is 3.76. The fraction of sp³-hybridized carbons (Fsp3) is 0.538. The van der Waals surface area contributed by atoms with Crippen LogP contribution in [0.2, 0.25) is 0 Å². The number of hydrogen-bond donors (Lipinski definition) is 4. The normalized spacial score (nSPS) is 27.4. The van der Waals surface area contributed by atoms with Crippen molar-refractivity contribution in [1.82, 2.24) is 24.8 Å². The largest absolute Gasteiger partial charge is 0.388 e. The SMILES string of the molecule is CCNC(=O)CC1OC(n2cnc3c(N)ncnc32)C(O)C1O. The summed E-state index contributed by atoms with van der Waals surface area (Å²) < 4.78 is 7.13. The molecule has 0 saturated carbocycles. The summed E-state index contributed by atoms with van der Waals surface area (Å²) in [6, 6.07) is 0. The van der Waals surface area contributed by atoms with Crippen LogP contribution in [0, 0.1) is 0 Å². The molecule has 4 unspecified atom stereocenters. The highest BCUT2D eigenvalue weighted by molar-refractivity contribution is 5.81. The maximum Gasteiger partial charge on any atom is 0.222 e. The number of amides is 1. The quantitative estimate of drug-likeness (QED) is 0.534. The molecule has 10 nitrogen and oxygen atoms in total. The van der Waals surface area contributed by atoms with E-state index in [1.807, 2.05) is 0 Å². The van der Waals surface area contributed by atoms with E-state index in [0.29, 0.717) is 17.7 Å². The Bertz CT molecular complexity index is 720. The first-order valence-corrected chi connectivity index (χ1v) is 7.24. The van der Waals surface area contributed by atoms with Gasteiger partial charge in [-0.25, -0.2) is 15.0 Å². The number of nitrogens with two attached hydrogens (primary N) is 1. The Morgan fingerprint density at radius 2 is 2.17 bits per heavy atom. The summed E-state index contributed by atoms with van der Waals surface area (Å²) in [4.78, 5) is 23.7. The zero-order valence-electron chi connectivity index (χ0n) is 12.5. The van der Waals surface area contributed by atoms with Gasteiger partial charge in [-0.05, 0) is 6.92 Å². The monoisotopic (exact) mass is 322 g/mol. The topological polar surface area (TPSA) is 148 Å². The van der Waals surface area contributed by atoms with Gasteiger partial charge in [-0.2, -0.15) is 0 Å². The Morgan fingerprint density at radius 1 is 1.39 bits per heavy atom. The number of nitrogen functional groups attached to an aromatic ring is 1. The minimum atomic E-state index is -1.22. The van der Waals surface area contributed by atoms with Crippen LogP contribution in [0.3, 0.4) is 0 Å². The molecule has 2 aromatic rings. The number of imidazole rings is 1. The van der Waals surface area contributed by atoms with Gasteiger partial charge in [-0.1, -0.05) is 0 Å². The van der Waals surface area contributed by atoms with Crippen LogP contribution in [-0.2, 0) is 9.53 Å².